The molecule has 0 N–H and O–H groups in total. The predicted octanol–water partition coefficient (Wildman–Crippen LogP) is 4.07. The zero-order valence-corrected chi connectivity index (χ0v) is 15.1. The van der Waals surface area contributed by atoms with Gasteiger partial charge in [-0.05, 0) is 29.0 Å². The molecule has 0 spiro atoms. The Balaban J connectivity index is 2.00. The fourth-order valence-electron chi connectivity index (χ4n) is 2.01. The van der Waals surface area contributed by atoms with Crippen LogP contribution in [-0.4, -0.2) is 42.1 Å². The first-order chi connectivity index (χ1) is 10.7. The highest BCUT2D eigenvalue weighted by molar-refractivity contribution is 9.11. The second-order valence-electron chi connectivity index (χ2n) is 4.67. The maximum Gasteiger partial charge on any atom is 0.359 e. The van der Waals surface area contributed by atoms with Gasteiger partial charge in [0.1, 0.15) is 15.4 Å². The van der Waals surface area contributed by atoms with Crippen molar-refractivity contribution >= 4 is 33.2 Å². The zero-order chi connectivity index (χ0) is 15.9. The van der Waals surface area contributed by atoms with Crippen LogP contribution in [-0.2, 0) is 4.74 Å². The molecular weight excluding hydrogens is 364 g/mol. The Hall–Kier alpha value is -1.24. The van der Waals surface area contributed by atoms with Gasteiger partial charge in [-0.15, -0.1) is 11.3 Å². The lowest BCUT2D eigenvalue weighted by atomic mass is 10.2. The van der Waals surface area contributed by atoms with Gasteiger partial charge in [-0.25, -0.2) is 9.78 Å². The van der Waals surface area contributed by atoms with Crippen LogP contribution in [0.3, 0.4) is 0 Å². The second kappa shape index (κ2) is 8.41. The van der Waals surface area contributed by atoms with E-state index in [0.717, 1.165) is 30.2 Å². The average molecular weight is 383 g/mol. The first-order valence-corrected chi connectivity index (χ1v) is 8.87. The molecule has 1 heterocycles. The van der Waals surface area contributed by atoms with Crippen molar-refractivity contribution in [3.63, 3.8) is 0 Å². The largest absolute Gasteiger partial charge is 0.460 e. The third kappa shape index (κ3) is 4.38. The van der Waals surface area contributed by atoms with E-state index in [-0.39, 0.29) is 5.97 Å². The summed E-state index contributed by atoms with van der Waals surface area (Å²) in [6, 6.07) is 9.80. The van der Waals surface area contributed by atoms with Gasteiger partial charge in [-0.3, -0.25) is 0 Å². The average Bonchev–Trinajstić information content (AvgIpc) is 2.94. The van der Waals surface area contributed by atoms with E-state index in [1.807, 2.05) is 30.3 Å². The number of aromatic nitrogens is 1. The number of rotatable bonds is 7. The molecule has 1 aromatic carbocycles. The van der Waals surface area contributed by atoms with Crippen molar-refractivity contribution in [3.05, 3.63) is 39.8 Å². The molecule has 0 aliphatic rings. The molecule has 0 aliphatic heterocycles. The van der Waals surface area contributed by atoms with Crippen molar-refractivity contribution in [1.29, 1.82) is 0 Å². The lowest BCUT2D eigenvalue weighted by Crippen LogP contribution is -2.28. The fourth-order valence-corrected chi connectivity index (χ4v) is 3.50. The molecule has 4 nitrogen and oxygen atoms in total. The quantitative estimate of drug-likeness (QED) is 0.676. The molecule has 0 radical (unpaired) electrons. The van der Waals surface area contributed by atoms with Gasteiger partial charge in [-0.2, -0.15) is 0 Å². The Morgan fingerprint density at radius 1 is 1.27 bits per heavy atom. The summed E-state index contributed by atoms with van der Waals surface area (Å²) in [5.74, 6) is -0.377. The molecule has 0 bridgehead atoms. The molecule has 1 aromatic heterocycles. The smallest absolute Gasteiger partial charge is 0.359 e. The van der Waals surface area contributed by atoms with Crippen LogP contribution in [0.4, 0.5) is 0 Å². The van der Waals surface area contributed by atoms with Crippen molar-refractivity contribution in [2.45, 2.75) is 13.8 Å². The second-order valence-corrected chi connectivity index (χ2v) is 6.99. The molecular formula is C16H19BrN2O2S. The van der Waals surface area contributed by atoms with E-state index < -0.39 is 0 Å². The minimum absolute atomic E-state index is 0.350. The standard InChI is InChI=1S/C16H19BrN2O2S/c1-3-19(4-2)10-11-21-16(20)13-14(17)22-15(18-13)12-8-6-5-7-9-12/h5-9H,3-4,10-11H2,1-2H3. The molecule has 6 heteroatoms. The summed E-state index contributed by atoms with van der Waals surface area (Å²) in [6.45, 7) is 7.21. The van der Waals surface area contributed by atoms with Crippen molar-refractivity contribution in [2.24, 2.45) is 0 Å². The third-order valence-corrected chi connectivity index (χ3v) is 5.09. The van der Waals surface area contributed by atoms with Crippen molar-refractivity contribution in [3.8, 4) is 10.6 Å². The number of carbonyl (C=O) groups is 1. The topological polar surface area (TPSA) is 42.4 Å². The van der Waals surface area contributed by atoms with Crippen LogP contribution < -0.4 is 0 Å². The Morgan fingerprint density at radius 3 is 2.59 bits per heavy atom. The summed E-state index contributed by atoms with van der Waals surface area (Å²) >= 11 is 4.85. The zero-order valence-electron chi connectivity index (χ0n) is 12.7. The number of hydrogen-bond acceptors (Lipinski definition) is 5. The van der Waals surface area contributed by atoms with Gasteiger partial charge < -0.3 is 9.64 Å². The number of likely N-dealkylation sites (N-methyl/N-ethyl adjacent to an activating group) is 1. The van der Waals surface area contributed by atoms with Gasteiger partial charge in [0.2, 0.25) is 0 Å². The van der Waals surface area contributed by atoms with Gasteiger partial charge in [0, 0.05) is 12.1 Å². The van der Waals surface area contributed by atoms with Gasteiger partial charge in [0.25, 0.3) is 0 Å². The van der Waals surface area contributed by atoms with Crippen LogP contribution in [0.5, 0.6) is 0 Å². The lowest BCUT2D eigenvalue weighted by molar-refractivity contribution is 0.0459. The van der Waals surface area contributed by atoms with Crippen LogP contribution >= 0.6 is 27.3 Å². The Labute approximate surface area is 143 Å². The molecule has 0 amide bonds. The monoisotopic (exact) mass is 382 g/mol. The van der Waals surface area contributed by atoms with Crippen LogP contribution in [0.1, 0.15) is 24.3 Å². The molecule has 118 valence electrons. The summed E-state index contributed by atoms with van der Waals surface area (Å²) in [7, 11) is 0. The molecule has 2 aromatic rings. The number of thiazole rings is 1. The maximum atomic E-state index is 12.1. The predicted molar refractivity (Wildman–Crippen MR) is 93.3 cm³/mol. The maximum absolute atomic E-state index is 12.1. The molecule has 0 atom stereocenters. The minimum Gasteiger partial charge on any atom is -0.460 e. The highest BCUT2D eigenvalue weighted by Gasteiger charge is 2.18. The van der Waals surface area contributed by atoms with Gasteiger partial charge in [0.15, 0.2) is 5.69 Å². The van der Waals surface area contributed by atoms with E-state index in [1.165, 1.54) is 11.3 Å². The van der Waals surface area contributed by atoms with Gasteiger partial charge in [0.05, 0.1) is 0 Å². The van der Waals surface area contributed by atoms with E-state index in [1.54, 1.807) is 0 Å². The van der Waals surface area contributed by atoms with Gasteiger partial charge >= 0.3 is 5.97 Å². The molecule has 0 saturated heterocycles. The third-order valence-electron chi connectivity index (χ3n) is 3.33. The van der Waals surface area contributed by atoms with E-state index in [0.29, 0.717) is 16.1 Å². The number of halogens is 1. The molecule has 0 fully saturated rings. The molecule has 0 aliphatic carbocycles. The van der Waals surface area contributed by atoms with Gasteiger partial charge in [-0.1, -0.05) is 44.2 Å². The molecule has 22 heavy (non-hydrogen) atoms. The summed E-state index contributed by atoms with van der Waals surface area (Å²) in [4.78, 5) is 18.8. The summed E-state index contributed by atoms with van der Waals surface area (Å²) in [5, 5.41) is 0.808. The molecule has 0 saturated carbocycles. The van der Waals surface area contributed by atoms with Crippen LogP contribution in [0.2, 0.25) is 0 Å². The van der Waals surface area contributed by atoms with Crippen molar-refractivity contribution < 1.29 is 9.53 Å². The normalized spacial score (nSPS) is 10.9. The fraction of sp³-hybridized carbons (Fsp3) is 0.375. The first kappa shape index (κ1) is 17.1. The number of nitrogens with zero attached hydrogens (tertiary/aromatic N) is 2. The first-order valence-electron chi connectivity index (χ1n) is 7.26. The van der Waals surface area contributed by atoms with E-state index in [9.17, 15) is 4.79 Å². The van der Waals surface area contributed by atoms with E-state index >= 15 is 0 Å². The lowest BCUT2D eigenvalue weighted by Gasteiger charge is -2.17. The van der Waals surface area contributed by atoms with Crippen LogP contribution in [0.25, 0.3) is 10.6 Å². The molecule has 0 unspecified atom stereocenters. The van der Waals surface area contributed by atoms with Crippen molar-refractivity contribution in [2.75, 3.05) is 26.2 Å². The summed E-state index contributed by atoms with van der Waals surface area (Å²) < 4.78 is 6.03. The number of esters is 1. The Kier molecular flexibility index (Phi) is 6.54. The Bertz CT molecular complexity index is 612. The van der Waals surface area contributed by atoms with Crippen LogP contribution in [0.15, 0.2) is 34.1 Å². The Morgan fingerprint density at radius 2 is 1.95 bits per heavy atom. The van der Waals surface area contributed by atoms with Crippen LogP contribution in [0, 0.1) is 0 Å². The summed E-state index contributed by atoms with van der Waals surface area (Å²) in [6.07, 6.45) is 0. The van der Waals surface area contributed by atoms with E-state index in [4.69, 9.17) is 4.74 Å². The number of benzene rings is 1. The number of hydrogen-bond donors (Lipinski definition) is 0. The number of ether oxygens (including phenoxy) is 1. The molecule has 2 rings (SSSR count). The highest BCUT2D eigenvalue weighted by Crippen LogP contribution is 2.32. The summed E-state index contributed by atoms with van der Waals surface area (Å²) in [5.41, 5.74) is 1.35. The van der Waals surface area contributed by atoms with Crippen molar-refractivity contribution in [1.82, 2.24) is 9.88 Å². The minimum atomic E-state index is -0.377. The highest BCUT2D eigenvalue weighted by atomic mass is 79.9. The SMILES string of the molecule is CCN(CC)CCOC(=O)c1nc(-c2ccccc2)sc1Br. The number of carbonyl (C=O) groups excluding carboxylic acids is 1. The van der Waals surface area contributed by atoms with E-state index in [2.05, 4.69) is 39.7 Å².